The largest absolute Gasteiger partial charge is 0.497 e. The number of methoxy groups -OCH3 is 3. The van der Waals surface area contributed by atoms with Gasteiger partial charge in [-0.15, -0.1) is 0 Å². The third kappa shape index (κ3) is 5.06. The van der Waals surface area contributed by atoms with Gasteiger partial charge in [0.1, 0.15) is 17.2 Å². The molecular formula is C21H25ClN2O6S. The summed E-state index contributed by atoms with van der Waals surface area (Å²) in [5.41, 5.74) is 0.496. The molecule has 1 aliphatic heterocycles. The molecule has 1 saturated heterocycles. The Labute approximate surface area is 187 Å². The molecule has 1 atom stereocenters. The van der Waals surface area contributed by atoms with Crippen molar-refractivity contribution in [3.8, 4) is 17.2 Å². The van der Waals surface area contributed by atoms with E-state index >= 15 is 0 Å². The van der Waals surface area contributed by atoms with E-state index < -0.39 is 15.9 Å². The van der Waals surface area contributed by atoms with Crippen molar-refractivity contribution in [3.05, 3.63) is 41.4 Å². The first kappa shape index (κ1) is 23.2. The molecule has 1 heterocycles. The molecule has 0 radical (unpaired) electrons. The van der Waals surface area contributed by atoms with E-state index in [0.29, 0.717) is 42.3 Å². The van der Waals surface area contributed by atoms with E-state index in [1.165, 1.54) is 36.7 Å². The maximum Gasteiger partial charge on any atom is 0.243 e. The summed E-state index contributed by atoms with van der Waals surface area (Å²) in [6.45, 7) is 0.415. The molecule has 0 aromatic heterocycles. The average Bonchev–Trinajstić information content (AvgIpc) is 2.79. The number of anilines is 1. The van der Waals surface area contributed by atoms with Gasteiger partial charge in [-0.2, -0.15) is 4.31 Å². The molecule has 0 saturated carbocycles. The molecule has 1 fully saturated rings. The second-order valence-corrected chi connectivity index (χ2v) is 9.40. The Bertz CT molecular complexity index is 1060. The number of carbonyl (C=O) groups is 1. The van der Waals surface area contributed by atoms with Crippen LogP contribution in [0, 0.1) is 5.92 Å². The zero-order valence-electron chi connectivity index (χ0n) is 17.6. The first-order valence-electron chi connectivity index (χ1n) is 9.66. The quantitative estimate of drug-likeness (QED) is 0.669. The van der Waals surface area contributed by atoms with Crippen LogP contribution in [0.25, 0.3) is 0 Å². The monoisotopic (exact) mass is 468 g/mol. The van der Waals surface area contributed by atoms with E-state index in [-0.39, 0.29) is 22.4 Å². The van der Waals surface area contributed by atoms with Gasteiger partial charge < -0.3 is 19.5 Å². The summed E-state index contributed by atoms with van der Waals surface area (Å²) >= 11 is 6.10. The van der Waals surface area contributed by atoms with Gasteiger partial charge in [0.15, 0.2) is 0 Å². The number of ether oxygens (including phenoxy) is 3. The zero-order valence-corrected chi connectivity index (χ0v) is 19.1. The van der Waals surface area contributed by atoms with Crippen LogP contribution >= 0.6 is 11.6 Å². The zero-order chi connectivity index (χ0) is 22.6. The second kappa shape index (κ2) is 9.76. The summed E-state index contributed by atoms with van der Waals surface area (Å²) in [5.74, 6) is 0.689. The molecule has 10 heteroatoms. The predicted octanol–water partition coefficient (Wildman–Crippen LogP) is 3.41. The lowest BCUT2D eigenvalue weighted by Gasteiger charge is -2.31. The summed E-state index contributed by atoms with van der Waals surface area (Å²) in [5, 5.41) is 3.05. The number of hydrogen-bond donors (Lipinski definition) is 1. The molecule has 2 aromatic carbocycles. The van der Waals surface area contributed by atoms with Crippen molar-refractivity contribution in [2.45, 2.75) is 17.7 Å². The summed E-state index contributed by atoms with van der Waals surface area (Å²) < 4.78 is 43.1. The standard InChI is InChI=1S/C21H25ClN2O6S/c1-28-15-6-8-18(20(11-15)30-3)23-21(25)14-5-4-10-24(13-14)31(26,27)16-7-9-19(29-2)17(22)12-16/h6-9,11-12,14H,4-5,10,13H2,1-3H3,(H,23,25)/t14-/m0/s1. The van der Waals surface area contributed by atoms with E-state index in [0.717, 1.165) is 0 Å². The number of hydrogen-bond acceptors (Lipinski definition) is 6. The number of piperidine rings is 1. The minimum atomic E-state index is -3.80. The lowest BCUT2D eigenvalue weighted by atomic mass is 9.98. The van der Waals surface area contributed by atoms with E-state index in [1.807, 2.05) is 0 Å². The van der Waals surface area contributed by atoms with Crippen molar-refractivity contribution < 1.29 is 27.4 Å². The van der Waals surface area contributed by atoms with Gasteiger partial charge in [-0.05, 0) is 43.2 Å². The highest BCUT2D eigenvalue weighted by Gasteiger charge is 2.34. The lowest BCUT2D eigenvalue weighted by molar-refractivity contribution is -0.120. The van der Waals surface area contributed by atoms with Crippen LogP contribution in [-0.4, -0.2) is 53.0 Å². The molecule has 0 spiro atoms. The number of nitrogens with one attached hydrogen (secondary N) is 1. The molecular weight excluding hydrogens is 444 g/mol. The van der Waals surface area contributed by atoms with Crippen molar-refractivity contribution in [1.29, 1.82) is 0 Å². The van der Waals surface area contributed by atoms with Crippen molar-refractivity contribution in [2.75, 3.05) is 39.7 Å². The second-order valence-electron chi connectivity index (χ2n) is 7.05. The van der Waals surface area contributed by atoms with Crippen molar-refractivity contribution in [1.82, 2.24) is 4.31 Å². The molecule has 1 amide bonds. The number of halogens is 1. The Kier molecular flexibility index (Phi) is 7.30. The van der Waals surface area contributed by atoms with Gasteiger partial charge in [0, 0.05) is 19.2 Å². The van der Waals surface area contributed by atoms with Crippen LogP contribution in [0.2, 0.25) is 5.02 Å². The molecule has 0 aliphatic carbocycles. The van der Waals surface area contributed by atoms with Gasteiger partial charge in [0.2, 0.25) is 15.9 Å². The smallest absolute Gasteiger partial charge is 0.243 e. The lowest BCUT2D eigenvalue weighted by Crippen LogP contribution is -2.43. The summed E-state index contributed by atoms with van der Waals surface area (Å²) in [4.78, 5) is 12.9. The summed E-state index contributed by atoms with van der Waals surface area (Å²) in [7, 11) is 0.702. The Balaban J connectivity index is 1.75. The van der Waals surface area contributed by atoms with E-state index in [9.17, 15) is 13.2 Å². The Morgan fingerprint density at radius 3 is 2.45 bits per heavy atom. The van der Waals surface area contributed by atoms with Crippen LogP contribution in [0.4, 0.5) is 5.69 Å². The van der Waals surface area contributed by atoms with E-state index in [4.69, 9.17) is 25.8 Å². The Morgan fingerprint density at radius 2 is 1.81 bits per heavy atom. The average molecular weight is 469 g/mol. The van der Waals surface area contributed by atoms with Crippen LogP contribution in [0.15, 0.2) is 41.3 Å². The number of rotatable bonds is 7. The Morgan fingerprint density at radius 1 is 1.06 bits per heavy atom. The third-order valence-corrected chi connectivity index (χ3v) is 7.34. The highest BCUT2D eigenvalue weighted by atomic mass is 35.5. The maximum absolute atomic E-state index is 13.1. The number of carbonyl (C=O) groups excluding carboxylic acids is 1. The summed E-state index contributed by atoms with van der Waals surface area (Å²) in [6, 6.07) is 9.39. The maximum atomic E-state index is 13.1. The summed E-state index contributed by atoms with van der Waals surface area (Å²) in [6.07, 6.45) is 1.15. The molecule has 0 unspecified atom stereocenters. The number of sulfonamides is 1. The first-order valence-corrected chi connectivity index (χ1v) is 11.5. The molecule has 168 valence electrons. The third-order valence-electron chi connectivity index (χ3n) is 5.18. The van der Waals surface area contributed by atoms with Crippen molar-refractivity contribution in [2.24, 2.45) is 5.92 Å². The minimum Gasteiger partial charge on any atom is -0.497 e. The fourth-order valence-corrected chi connectivity index (χ4v) is 5.34. The Hall–Kier alpha value is -2.49. The number of amides is 1. The van der Waals surface area contributed by atoms with Crippen LogP contribution in [-0.2, 0) is 14.8 Å². The van der Waals surface area contributed by atoms with Gasteiger partial charge >= 0.3 is 0 Å². The van der Waals surface area contributed by atoms with Crippen molar-refractivity contribution in [3.63, 3.8) is 0 Å². The highest BCUT2D eigenvalue weighted by Crippen LogP contribution is 2.32. The molecule has 3 rings (SSSR count). The van der Waals surface area contributed by atoms with E-state index in [2.05, 4.69) is 5.32 Å². The molecule has 8 nitrogen and oxygen atoms in total. The molecule has 1 aliphatic rings. The first-order chi connectivity index (χ1) is 14.8. The molecule has 0 bridgehead atoms. The SMILES string of the molecule is COc1ccc(NC(=O)[C@H]2CCCN(S(=O)(=O)c3ccc(OC)c(Cl)c3)C2)c(OC)c1. The fraction of sp³-hybridized carbons (Fsp3) is 0.381. The van der Waals surface area contributed by atoms with E-state index in [1.54, 1.807) is 25.3 Å². The van der Waals surface area contributed by atoms with Gasteiger partial charge in [0.25, 0.3) is 0 Å². The van der Waals surface area contributed by atoms with Crippen LogP contribution in [0.1, 0.15) is 12.8 Å². The van der Waals surface area contributed by atoms with Gasteiger partial charge in [-0.25, -0.2) is 8.42 Å². The minimum absolute atomic E-state index is 0.0659. The van der Waals surface area contributed by atoms with Gasteiger partial charge in [0.05, 0.1) is 42.9 Å². The van der Waals surface area contributed by atoms with Crippen molar-refractivity contribution >= 4 is 33.2 Å². The fourth-order valence-electron chi connectivity index (χ4n) is 3.47. The number of nitrogens with zero attached hydrogens (tertiary/aromatic N) is 1. The highest BCUT2D eigenvalue weighted by molar-refractivity contribution is 7.89. The molecule has 2 aromatic rings. The van der Waals surface area contributed by atoms with Crippen LogP contribution in [0.5, 0.6) is 17.2 Å². The molecule has 31 heavy (non-hydrogen) atoms. The van der Waals surface area contributed by atoms with Gasteiger partial charge in [-0.3, -0.25) is 4.79 Å². The van der Waals surface area contributed by atoms with Crippen LogP contribution in [0.3, 0.4) is 0 Å². The topological polar surface area (TPSA) is 94.2 Å². The van der Waals surface area contributed by atoms with Gasteiger partial charge in [-0.1, -0.05) is 11.6 Å². The number of benzene rings is 2. The van der Waals surface area contributed by atoms with Crippen LogP contribution < -0.4 is 19.5 Å². The normalized spacial score (nSPS) is 17.1. The molecule has 1 N–H and O–H groups in total. The predicted molar refractivity (Wildman–Crippen MR) is 118 cm³/mol.